The molecule has 1 aliphatic heterocycles. The van der Waals surface area contributed by atoms with Crippen LogP contribution in [0.15, 0.2) is 0 Å². The highest BCUT2D eigenvalue weighted by molar-refractivity contribution is 6.31. The first-order valence-corrected chi connectivity index (χ1v) is 4.34. The Morgan fingerprint density at radius 2 is 2.00 bits per heavy atom. The summed E-state index contributed by atoms with van der Waals surface area (Å²) in [7, 11) is 1.09. The van der Waals surface area contributed by atoms with E-state index in [9.17, 15) is 9.59 Å². The molecule has 0 aromatic carbocycles. The van der Waals surface area contributed by atoms with Crippen LogP contribution in [0, 0.1) is 5.41 Å². The van der Waals surface area contributed by atoms with E-state index in [-0.39, 0.29) is 0 Å². The minimum atomic E-state index is -1.07. The van der Waals surface area contributed by atoms with E-state index >= 15 is 0 Å². The molecule has 0 bridgehead atoms. The van der Waals surface area contributed by atoms with E-state index in [2.05, 4.69) is 24.3 Å². The third kappa shape index (κ3) is 5.53. The molecule has 1 amide bonds. The van der Waals surface area contributed by atoms with Gasteiger partial charge < -0.3 is 15.2 Å². The number of carbonyl (C=O) groups is 2. The number of carbonyl (C=O) groups excluding carboxylic acids is 2. The number of nitrogens with two attached hydrogens (primary N) is 1. The van der Waals surface area contributed by atoms with Crippen LogP contribution in [0.3, 0.4) is 0 Å². The Kier molecular flexibility index (Phi) is 5.15. The Bertz CT molecular complexity index is 205. The molecule has 1 heterocycles. The van der Waals surface area contributed by atoms with Gasteiger partial charge in [0.05, 0.1) is 13.7 Å². The predicted molar refractivity (Wildman–Crippen MR) is 50.4 cm³/mol. The van der Waals surface area contributed by atoms with Gasteiger partial charge in [-0.25, -0.2) is 4.79 Å². The molecule has 2 N–H and O–H groups in total. The van der Waals surface area contributed by atoms with Gasteiger partial charge in [0.1, 0.15) is 0 Å². The number of primary amides is 1. The predicted octanol–water partition coefficient (Wildman–Crippen LogP) is 0.0776. The number of methoxy groups -OCH3 is 1. The Labute approximate surface area is 83.5 Å². The molecule has 1 fully saturated rings. The SMILES string of the molecule is CC1(C)CCOC1.COC(=O)C(N)=O. The topological polar surface area (TPSA) is 78.6 Å². The van der Waals surface area contributed by atoms with Crippen LogP contribution in [0.25, 0.3) is 0 Å². The van der Waals surface area contributed by atoms with Crippen LogP contribution in [0.4, 0.5) is 0 Å². The number of hydrogen-bond donors (Lipinski definition) is 1. The highest BCUT2D eigenvalue weighted by atomic mass is 16.5. The van der Waals surface area contributed by atoms with Gasteiger partial charge >= 0.3 is 11.9 Å². The number of rotatable bonds is 0. The van der Waals surface area contributed by atoms with Gasteiger partial charge in [-0.1, -0.05) is 13.8 Å². The Balaban J connectivity index is 0.000000241. The summed E-state index contributed by atoms with van der Waals surface area (Å²) >= 11 is 0. The lowest BCUT2D eigenvalue weighted by Gasteiger charge is -2.11. The summed E-state index contributed by atoms with van der Waals surface area (Å²) in [6, 6.07) is 0. The Morgan fingerprint density at radius 1 is 1.43 bits per heavy atom. The van der Waals surface area contributed by atoms with E-state index in [0.717, 1.165) is 20.3 Å². The van der Waals surface area contributed by atoms with E-state index in [1.165, 1.54) is 6.42 Å². The number of hydrogen-bond acceptors (Lipinski definition) is 4. The molecule has 0 aromatic rings. The lowest BCUT2D eigenvalue weighted by Crippen LogP contribution is -2.23. The fraction of sp³-hybridized carbons (Fsp3) is 0.778. The summed E-state index contributed by atoms with van der Waals surface area (Å²) in [5.74, 6) is -2.08. The van der Waals surface area contributed by atoms with Crippen molar-refractivity contribution < 1.29 is 19.1 Å². The van der Waals surface area contributed by atoms with Gasteiger partial charge in [-0.2, -0.15) is 0 Å². The van der Waals surface area contributed by atoms with Crippen molar-refractivity contribution in [2.45, 2.75) is 20.3 Å². The average molecular weight is 203 g/mol. The molecule has 0 unspecified atom stereocenters. The van der Waals surface area contributed by atoms with Crippen molar-refractivity contribution in [2.24, 2.45) is 11.1 Å². The van der Waals surface area contributed by atoms with Crippen LogP contribution in [0.1, 0.15) is 20.3 Å². The zero-order valence-corrected chi connectivity index (χ0v) is 8.83. The van der Waals surface area contributed by atoms with Crippen LogP contribution >= 0.6 is 0 Å². The maximum atomic E-state index is 9.81. The van der Waals surface area contributed by atoms with Crippen molar-refractivity contribution in [3.8, 4) is 0 Å². The quantitative estimate of drug-likeness (QED) is 0.446. The van der Waals surface area contributed by atoms with Crippen LogP contribution in [-0.2, 0) is 19.1 Å². The summed E-state index contributed by atoms with van der Waals surface area (Å²) in [6.45, 7) is 6.39. The van der Waals surface area contributed by atoms with E-state index in [1.807, 2.05) is 0 Å². The molecule has 14 heavy (non-hydrogen) atoms. The second-order valence-corrected chi connectivity index (χ2v) is 3.82. The summed E-state index contributed by atoms with van der Waals surface area (Å²) in [4.78, 5) is 19.5. The van der Waals surface area contributed by atoms with Gasteiger partial charge in [0.2, 0.25) is 0 Å². The van der Waals surface area contributed by atoms with Crippen molar-refractivity contribution in [3.05, 3.63) is 0 Å². The van der Waals surface area contributed by atoms with Gasteiger partial charge in [0, 0.05) is 6.61 Å². The summed E-state index contributed by atoms with van der Waals surface area (Å²) < 4.78 is 9.06. The fourth-order valence-corrected chi connectivity index (χ4v) is 0.870. The molecule has 1 rings (SSSR count). The van der Waals surface area contributed by atoms with Crippen molar-refractivity contribution >= 4 is 11.9 Å². The second kappa shape index (κ2) is 5.59. The van der Waals surface area contributed by atoms with Gasteiger partial charge in [-0.05, 0) is 11.8 Å². The maximum absolute atomic E-state index is 9.81. The average Bonchev–Trinajstić information content (AvgIpc) is 2.49. The number of esters is 1. The molecular weight excluding hydrogens is 186 g/mol. The van der Waals surface area contributed by atoms with E-state index in [4.69, 9.17) is 4.74 Å². The smallest absolute Gasteiger partial charge is 0.396 e. The molecule has 0 saturated carbocycles. The molecule has 0 atom stereocenters. The van der Waals surface area contributed by atoms with Gasteiger partial charge in [0.15, 0.2) is 0 Å². The second-order valence-electron chi connectivity index (χ2n) is 3.82. The molecule has 0 spiro atoms. The standard InChI is InChI=1S/C6H12O.C3H5NO3/c1-6(2)3-4-7-5-6;1-7-3(6)2(4)5/h3-5H2,1-2H3;1H3,(H2,4,5). The van der Waals surface area contributed by atoms with E-state index < -0.39 is 11.9 Å². The highest BCUT2D eigenvalue weighted by Crippen LogP contribution is 2.25. The monoisotopic (exact) mass is 203 g/mol. The lowest BCUT2D eigenvalue weighted by atomic mass is 9.94. The Morgan fingerprint density at radius 3 is 2.07 bits per heavy atom. The fourth-order valence-electron chi connectivity index (χ4n) is 0.870. The molecule has 1 saturated heterocycles. The van der Waals surface area contributed by atoms with E-state index in [1.54, 1.807) is 0 Å². The zero-order chi connectivity index (χ0) is 11.2. The van der Waals surface area contributed by atoms with Gasteiger partial charge in [-0.3, -0.25) is 4.79 Å². The van der Waals surface area contributed by atoms with Crippen molar-refractivity contribution in [3.63, 3.8) is 0 Å². The maximum Gasteiger partial charge on any atom is 0.396 e. The summed E-state index contributed by atoms with van der Waals surface area (Å²) in [6.07, 6.45) is 1.23. The summed E-state index contributed by atoms with van der Waals surface area (Å²) in [5.41, 5.74) is 4.91. The molecular formula is C9H17NO4. The molecule has 82 valence electrons. The highest BCUT2D eigenvalue weighted by Gasteiger charge is 2.22. The molecule has 0 radical (unpaired) electrons. The van der Waals surface area contributed by atoms with Crippen LogP contribution < -0.4 is 5.73 Å². The van der Waals surface area contributed by atoms with Crippen LogP contribution in [-0.4, -0.2) is 32.2 Å². The lowest BCUT2D eigenvalue weighted by molar-refractivity contribution is -0.151. The Hall–Kier alpha value is -1.10. The molecule has 0 aliphatic carbocycles. The third-order valence-corrected chi connectivity index (χ3v) is 1.80. The molecule has 5 nitrogen and oxygen atoms in total. The molecule has 0 aromatic heterocycles. The van der Waals surface area contributed by atoms with Gasteiger partial charge in [0.25, 0.3) is 0 Å². The van der Waals surface area contributed by atoms with E-state index in [0.29, 0.717) is 5.41 Å². The molecule has 1 aliphatic rings. The minimum Gasteiger partial charge on any atom is -0.462 e. The first-order valence-electron chi connectivity index (χ1n) is 4.34. The van der Waals surface area contributed by atoms with Crippen molar-refractivity contribution in [2.75, 3.05) is 20.3 Å². The van der Waals surface area contributed by atoms with Crippen molar-refractivity contribution in [1.29, 1.82) is 0 Å². The summed E-state index contributed by atoms with van der Waals surface area (Å²) in [5, 5.41) is 0. The van der Waals surface area contributed by atoms with Gasteiger partial charge in [-0.15, -0.1) is 0 Å². The molecule has 5 heteroatoms. The normalized spacial score (nSPS) is 17.9. The zero-order valence-electron chi connectivity index (χ0n) is 8.83. The first kappa shape index (κ1) is 12.9. The number of ether oxygens (including phenoxy) is 2. The largest absolute Gasteiger partial charge is 0.462 e. The van der Waals surface area contributed by atoms with Crippen LogP contribution in [0.2, 0.25) is 0 Å². The minimum absolute atomic E-state index is 0.472. The van der Waals surface area contributed by atoms with Crippen molar-refractivity contribution in [1.82, 2.24) is 0 Å². The number of amides is 1. The van der Waals surface area contributed by atoms with Crippen LogP contribution in [0.5, 0.6) is 0 Å². The first-order chi connectivity index (χ1) is 6.39. The third-order valence-electron chi connectivity index (χ3n) is 1.80.